The number of carbonyl (C=O) groups is 1. The molecule has 94 valence electrons. The standard InChI is InChI=1S/C13H19NO3/c1-8(10-3-4-10)7-14-9(2)11-5-6-12(17-11)13(15)16/h5-6,8-10,14H,3-4,7H2,1-2H3,(H,15,16). The van der Waals surface area contributed by atoms with Gasteiger partial charge >= 0.3 is 5.97 Å². The lowest BCUT2D eigenvalue weighted by molar-refractivity contribution is 0.0659. The van der Waals surface area contributed by atoms with E-state index < -0.39 is 5.97 Å². The fraction of sp³-hybridized carbons (Fsp3) is 0.615. The van der Waals surface area contributed by atoms with Crippen molar-refractivity contribution in [2.24, 2.45) is 11.8 Å². The van der Waals surface area contributed by atoms with Gasteiger partial charge in [-0.1, -0.05) is 6.92 Å². The van der Waals surface area contributed by atoms with E-state index in [0.717, 1.165) is 12.5 Å². The summed E-state index contributed by atoms with van der Waals surface area (Å²) in [6, 6.07) is 3.28. The molecular weight excluding hydrogens is 218 g/mol. The van der Waals surface area contributed by atoms with Crippen molar-refractivity contribution in [3.63, 3.8) is 0 Å². The van der Waals surface area contributed by atoms with Crippen molar-refractivity contribution in [2.75, 3.05) is 6.54 Å². The molecule has 0 spiro atoms. The van der Waals surface area contributed by atoms with E-state index in [9.17, 15) is 4.79 Å². The molecule has 2 unspecified atom stereocenters. The Balaban J connectivity index is 1.85. The molecule has 2 atom stereocenters. The minimum Gasteiger partial charge on any atom is -0.475 e. The molecule has 0 bridgehead atoms. The van der Waals surface area contributed by atoms with Crippen LogP contribution in [-0.2, 0) is 0 Å². The molecule has 1 saturated carbocycles. The highest BCUT2D eigenvalue weighted by Crippen LogP contribution is 2.36. The molecule has 17 heavy (non-hydrogen) atoms. The van der Waals surface area contributed by atoms with Crippen LogP contribution < -0.4 is 5.32 Å². The van der Waals surface area contributed by atoms with E-state index in [1.807, 2.05) is 6.92 Å². The quantitative estimate of drug-likeness (QED) is 0.798. The van der Waals surface area contributed by atoms with Gasteiger partial charge in [-0.2, -0.15) is 0 Å². The molecular formula is C13H19NO3. The van der Waals surface area contributed by atoms with Gasteiger partial charge in [0.05, 0.1) is 6.04 Å². The largest absolute Gasteiger partial charge is 0.475 e. The molecule has 4 heteroatoms. The molecule has 2 N–H and O–H groups in total. The zero-order valence-corrected chi connectivity index (χ0v) is 10.3. The average Bonchev–Trinajstić information content (AvgIpc) is 3.02. The highest BCUT2D eigenvalue weighted by molar-refractivity contribution is 5.84. The van der Waals surface area contributed by atoms with E-state index in [1.54, 1.807) is 6.07 Å². The molecule has 2 rings (SSSR count). The second-order valence-corrected chi connectivity index (χ2v) is 4.95. The van der Waals surface area contributed by atoms with E-state index in [-0.39, 0.29) is 11.8 Å². The second-order valence-electron chi connectivity index (χ2n) is 4.95. The van der Waals surface area contributed by atoms with Crippen LogP contribution in [0.25, 0.3) is 0 Å². The van der Waals surface area contributed by atoms with Crippen molar-refractivity contribution in [1.29, 1.82) is 0 Å². The van der Waals surface area contributed by atoms with Gasteiger partial charge in [0.15, 0.2) is 0 Å². The van der Waals surface area contributed by atoms with Crippen LogP contribution in [0.5, 0.6) is 0 Å². The Bertz CT molecular complexity index is 395. The van der Waals surface area contributed by atoms with Crippen molar-refractivity contribution in [3.8, 4) is 0 Å². The normalized spacial score (nSPS) is 18.9. The zero-order valence-electron chi connectivity index (χ0n) is 10.3. The van der Waals surface area contributed by atoms with Crippen LogP contribution in [0, 0.1) is 11.8 Å². The number of hydrogen-bond acceptors (Lipinski definition) is 3. The van der Waals surface area contributed by atoms with E-state index in [1.165, 1.54) is 18.9 Å². The van der Waals surface area contributed by atoms with E-state index in [2.05, 4.69) is 12.2 Å². The van der Waals surface area contributed by atoms with Crippen LogP contribution in [0.4, 0.5) is 0 Å². The Morgan fingerprint density at radius 3 is 2.76 bits per heavy atom. The highest BCUT2D eigenvalue weighted by atomic mass is 16.4. The Hall–Kier alpha value is -1.29. The first-order chi connectivity index (χ1) is 8.08. The zero-order chi connectivity index (χ0) is 12.4. The maximum atomic E-state index is 10.7. The predicted molar refractivity (Wildman–Crippen MR) is 64.0 cm³/mol. The fourth-order valence-corrected chi connectivity index (χ4v) is 2.00. The minimum absolute atomic E-state index is 0.00360. The lowest BCUT2D eigenvalue weighted by atomic mass is 10.1. The summed E-state index contributed by atoms with van der Waals surface area (Å²) in [5.41, 5.74) is 0. The number of rotatable bonds is 6. The Morgan fingerprint density at radius 2 is 2.24 bits per heavy atom. The third-order valence-corrected chi connectivity index (χ3v) is 3.44. The Labute approximate surface area is 101 Å². The first-order valence-corrected chi connectivity index (χ1v) is 6.14. The van der Waals surface area contributed by atoms with Gasteiger partial charge in [0, 0.05) is 0 Å². The SMILES string of the molecule is CC(NCC(C)C1CC1)c1ccc(C(=O)O)o1. The van der Waals surface area contributed by atoms with Crippen LogP contribution >= 0.6 is 0 Å². The monoisotopic (exact) mass is 237 g/mol. The first kappa shape index (κ1) is 12.2. The molecule has 1 heterocycles. The second kappa shape index (κ2) is 4.92. The number of nitrogens with one attached hydrogen (secondary N) is 1. The Morgan fingerprint density at radius 1 is 1.53 bits per heavy atom. The van der Waals surface area contributed by atoms with Crippen LogP contribution in [0.2, 0.25) is 0 Å². The summed E-state index contributed by atoms with van der Waals surface area (Å²) in [6.07, 6.45) is 2.70. The van der Waals surface area contributed by atoms with Crippen molar-refractivity contribution >= 4 is 5.97 Å². The maximum Gasteiger partial charge on any atom is 0.371 e. The molecule has 0 amide bonds. The summed E-state index contributed by atoms with van der Waals surface area (Å²) in [4.78, 5) is 10.7. The third kappa shape index (κ3) is 3.09. The van der Waals surface area contributed by atoms with Crippen LogP contribution in [0.15, 0.2) is 16.5 Å². The topological polar surface area (TPSA) is 62.5 Å². The van der Waals surface area contributed by atoms with Crippen LogP contribution in [-0.4, -0.2) is 17.6 Å². The lowest BCUT2D eigenvalue weighted by Crippen LogP contribution is -2.25. The third-order valence-electron chi connectivity index (χ3n) is 3.44. The van der Waals surface area contributed by atoms with Crippen molar-refractivity contribution in [3.05, 3.63) is 23.7 Å². The van der Waals surface area contributed by atoms with Gasteiger partial charge in [-0.3, -0.25) is 0 Å². The van der Waals surface area contributed by atoms with Crippen LogP contribution in [0.3, 0.4) is 0 Å². The van der Waals surface area contributed by atoms with Crippen molar-refractivity contribution in [1.82, 2.24) is 5.32 Å². The lowest BCUT2D eigenvalue weighted by Gasteiger charge is -2.15. The van der Waals surface area contributed by atoms with Crippen LogP contribution in [0.1, 0.15) is 49.0 Å². The van der Waals surface area contributed by atoms with Gasteiger partial charge in [0.2, 0.25) is 5.76 Å². The summed E-state index contributed by atoms with van der Waals surface area (Å²) >= 11 is 0. The molecule has 0 aliphatic heterocycles. The Kier molecular flexibility index (Phi) is 3.52. The molecule has 0 aromatic carbocycles. The summed E-state index contributed by atoms with van der Waals surface area (Å²) in [6.45, 7) is 5.20. The van der Waals surface area contributed by atoms with Crippen molar-refractivity contribution in [2.45, 2.75) is 32.7 Å². The minimum atomic E-state index is -1.02. The van der Waals surface area contributed by atoms with Crippen molar-refractivity contribution < 1.29 is 14.3 Å². The summed E-state index contributed by atoms with van der Waals surface area (Å²) < 4.78 is 5.25. The summed E-state index contributed by atoms with van der Waals surface area (Å²) in [5.74, 6) is 1.23. The van der Waals surface area contributed by atoms with Gasteiger partial charge in [0.25, 0.3) is 0 Å². The first-order valence-electron chi connectivity index (χ1n) is 6.14. The van der Waals surface area contributed by atoms with Gasteiger partial charge in [-0.15, -0.1) is 0 Å². The van der Waals surface area contributed by atoms with Gasteiger partial charge in [-0.25, -0.2) is 4.79 Å². The molecule has 1 aliphatic rings. The summed E-state index contributed by atoms with van der Waals surface area (Å²) in [5, 5.41) is 12.2. The number of aromatic carboxylic acids is 1. The number of hydrogen-bond donors (Lipinski definition) is 2. The average molecular weight is 237 g/mol. The van der Waals surface area contributed by atoms with Gasteiger partial charge in [0.1, 0.15) is 5.76 Å². The number of furan rings is 1. The molecule has 1 aromatic rings. The molecule has 1 aromatic heterocycles. The maximum absolute atomic E-state index is 10.7. The number of carboxylic acids is 1. The van der Waals surface area contributed by atoms with Gasteiger partial charge < -0.3 is 14.8 Å². The van der Waals surface area contributed by atoms with E-state index >= 15 is 0 Å². The smallest absolute Gasteiger partial charge is 0.371 e. The predicted octanol–water partition coefficient (Wildman–Crippen LogP) is 2.67. The number of carboxylic acid groups (broad SMARTS) is 1. The molecule has 0 saturated heterocycles. The summed E-state index contributed by atoms with van der Waals surface area (Å²) in [7, 11) is 0. The molecule has 1 aliphatic carbocycles. The fourth-order valence-electron chi connectivity index (χ4n) is 2.00. The molecule has 1 fully saturated rings. The van der Waals surface area contributed by atoms with E-state index in [4.69, 9.17) is 9.52 Å². The van der Waals surface area contributed by atoms with Gasteiger partial charge in [-0.05, 0) is 50.3 Å². The molecule has 4 nitrogen and oxygen atoms in total. The van der Waals surface area contributed by atoms with E-state index in [0.29, 0.717) is 11.7 Å². The molecule has 0 radical (unpaired) electrons. The highest BCUT2D eigenvalue weighted by Gasteiger charge is 2.28.